The van der Waals surface area contributed by atoms with Gasteiger partial charge in [-0.25, -0.2) is 4.39 Å². The molecule has 0 amide bonds. The van der Waals surface area contributed by atoms with Crippen molar-refractivity contribution in [2.75, 3.05) is 11.4 Å². The minimum Gasteiger partial charge on any atom is -0.342 e. The molecule has 0 aromatic heterocycles. The number of alkyl halides is 1. The molecule has 2 aromatic carbocycles. The summed E-state index contributed by atoms with van der Waals surface area (Å²) < 4.78 is 12.9. The fourth-order valence-electron chi connectivity index (χ4n) is 1.90. The number of hydrogen-bond donors (Lipinski definition) is 0. The van der Waals surface area contributed by atoms with Gasteiger partial charge in [0.05, 0.1) is 0 Å². The molecular formula is C15H15ClFN. The van der Waals surface area contributed by atoms with Gasteiger partial charge in [0.15, 0.2) is 0 Å². The maximum atomic E-state index is 12.9. The van der Waals surface area contributed by atoms with E-state index in [9.17, 15) is 4.39 Å². The second-order valence-corrected chi connectivity index (χ2v) is 4.29. The van der Waals surface area contributed by atoms with Crippen LogP contribution in [-0.2, 0) is 5.88 Å². The van der Waals surface area contributed by atoms with Crippen LogP contribution in [0.25, 0.3) is 0 Å². The smallest absolute Gasteiger partial charge is 0.123 e. The highest BCUT2D eigenvalue weighted by Gasteiger charge is 2.06. The summed E-state index contributed by atoms with van der Waals surface area (Å²) in [5.41, 5.74) is 3.16. The van der Waals surface area contributed by atoms with Crippen molar-refractivity contribution in [3.8, 4) is 0 Å². The Morgan fingerprint density at radius 1 is 0.944 bits per heavy atom. The van der Waals surface area contributed by atoms with Crippen molar-refractivity contribution < 1.29 is 4.39 Å². The maximum Gasteiger partial charge on any atom is 0.123 e. The first-order chi connectivity index (χ1) is 8.74. The molecule has 2 aromatic rings. The Bertz CT molecular complexity index is 493. The summed E-state index contributed by atoms with van der Waals surface area (Å²) in [5.74, 6) is 0.301. The van der Waals surface area contributed by atoms with Crippen LogP contribution in [-0.4, -0.2) is 6.54 Å². The molecule has 1 nitrogen and oxygen atoms in total. The number of rotatable bonds is 4. The third kappa shape index (κ3) is 2.82. The Hall–Kier alpha value is -1.54. The van der Waals surface area contributed by atoms with Crippen molar-refractivity contribution >= 4 is 23.0 Å². The van der Waals surface area contributed by atoms with Gasteiger partial charge in [-0.05, 0) is 48.9 Å². The Kier molecular flexibility index (Phi) is 4.21. The topological polar surface area (TPSA) is 3.24 Å². The fraction of sp³-hybridized carbons (Fsp3) is 0.200. The van der Waals surface area contributed by atoms with E-state index in [-0.39, 0.29) is 5.82 Å². The van der Waals surface area contributed by atoms with Gasteiger partial charge < -0.3 is 4.90 Å². The molecule has 0 saturated heterocycles. The number of halogens is 2. The number of anilines is 2. The van der Waals surface area contributed by atoms with Crippen LogP contribution in [0.1, 0.15) is 12.5 Å². The quantitative estimate of drug-likeness (QED) is 0.722. The highest BCUT2D eigenvalue weighted by atomic mass is 35.5. The Labute approximate surface area is 112 Å². The molecule has 0 aliphatic carbocycles. The number of hydrogen-bond acceptors (Lipinski definition) is 1. The molecule has 94 valence electrons. The molecule has 0 bridgehead atoms. The molecule has 18 heavy (non-hydrogen) atoms. The van der Waals surface area contributed by atoms with Crippen LogP contribution in [0.4, 0.5) is 15.8 Å². The molecule has 2 rings (SSSR count). The summed E-state index contributed by atoms with van der Waals surface area (Å²) in [7, 11) is 0. The molecule has 3 heteroatoms. The standard InChI is InChI=1S/C15H15ClFN/c1-2-18(15-9-5-13(17)6-10-15)14-7-3-12(11-16)4-8-14/h3-10H,2,11H2,1H3. The summed E-state index contributed by atoms with van der Waals surface area (Å²) in [6.07, 6.45) is 0. The van der Waals surface area contributed by atoms with Gasteiger partial charge in [-0.3, -0.25) is 0 Å². The third-order valence-electron chi connectivity index (χ3n) is 2.86. The van der Waals surface area contributed by atoms with Crippen molar-refractivity contribution in [3.63, 3.8) is 0 Å². The Morgan fingerprint density at radius 3 is 1.89 bits per heavy atom. The van der Waals surface area contributed by atoms with Crippen LogP contribution < -0.4 is 4.90 Å². The average Bonchev–Trinajstić information content (AvgIpc) is 2.42. The van der Waals surface area contributed by atoms with E-state index in [1.807, 2.05) is 24.3 Å². The number of benzene rings is 2. The summed E-state index contributed by atoms with van der Waals surface area (Å²) in [4.78, 5) is 2.12. The first kappa shape index (κ1) is 12.9. The van der Waals surface area contributed by atoms with Gasteiger partial charge in [0.2, 0.25) is 0 Å². The lowest BCUT2D eigenvalue weighted by molar-refractivity contribution is 0.628. The number of nitrogens with zero attached hydrogens (tertiary/aromatic N) is 1. The van der Waals surface area contributed by atoms with E-state index in [1.165, 1.54) is 12.1 Å². The van der Waals surface area contributed by atoms with Gasteiger partial charge in [-0.15, -0.1) is 11.6 Å². The summed E-state index contributed by atoms with van der Waals surface area (Å²) in [5, 5.41) is 0. The monoisotopic (exact) mass is 263 g/mol. The van der Waals surface area contributed by atoms with Crippen molar-refractivity contribution in [3.05, 3.63) is 59.9 Å². The summed E-state index contributed by atoms with van der Waals surface area (Å²) in [6, 6.07) is 14.6. The lowest BCUT2D eigenvalue weighted by Gasteiger charge is -2.23. The SMILES string of the molecule is CCN(c1ccc(F)cc1)c1ccc(CCl)cc1. The highest BCUT2D eigenvalue weighted by Crippen LogP contribution is 2.25. The highest BCUT2D eigenvalue weighted by molar-refractivity contribution is 6.17. The average molecular weight is 264 g/mol. The van der Waals surface area contributed by atoms with E-state index in [0.717, 1.165) is 23.5 Å². The molecule has 0 radical (unpaired) electrons. The first-order valence-electron chi connectivity index (χ1n) is 5.92. The lowest BCUT2D eigenvalue weighted by Crippen LogP contribution is -2.15. The second-order valence-electron chi connectivity index (χ2n) is 4.02. The van der Waals surface area contributed by atoms with Crippen molar-refractivity contribution in [2.24, 2.45) is 0 Å². The Morgan fingerprint density at radius 2 is 1.44 bits per heavy atom. The zero-order valence-electron chi connectivity index (χ0n) is 10.2. The first-order valence-corrected chi connectivity index (χ1v) is 6.46. The zero-order chi connectivity index (χ0) is 13.0. The molecular weight excluding hydrogens is 249 g/mol. The molecule has 0 N–H and O–H groups in total. The van der Waals surface area contributed by atoms with Gasteiger partial charge in [-0.2, -0.15) is 0 Å². The van der Waals surface area contributed by atoms with Gasteiger partial charge >= 0.3 is 0 Å². The van der Waals surface area contributed by atoms with Crippen LogP contribution in [0, 0.1) is 5.82 Å². The van der Waals surface area contributed by atoms with E-state index >= 15 is 0 Å². The summed E-state index contributed by atoms with van der Waals surface area (Å²) in [6.45, 7) is 2.89. The molecule has 0 atom stereocenters. The van der Waals surface area contributed by atoms with Gasteiger partial charge in [-0.1, -0.05) is 12.1 Å². The fourth-order valence-corrected chi connectivity index (χ4v) is 2.08. The third-order valence-corrected chi connectivity index (χ3v) is 3.17. The lowest BCUT2D eigenvalue weighted by atomic mass is 10.2. The summed E-state index contributed by atoms with van der Waals surface area (Å²) >= 11 is 5.77. The van der Waals surface area contributed by atoms with E-state index < -0.39 is 0 Å². The maximum absolute atomic E-state index is 12.9. The second kappa shape index (κ2) is 5.87. The zero-order valence-corrected chi connectivity index (χ0v) is 11.0. The van der Waals surface area contributed by atoms with Crippen molar-refractivity contribution in [1.29, 1.82) is 0 Å². The molecule has 0 saturated carbocycles. The minimum atomic E-state index is -0.215. The molecule has 0 fully saturated rings. The van der Waals surface area contributed by atoms with E-state index in [0.29, 0.717) is 5.88 Å². The van der Waals surface area contributed by atoms with Crippen LogP contribution in [0.5, 0.6) is 0 Å². The molecule has 0 aliphatic heterocycles. The predicted octanol–water partition coefficient (Wildman–Crippen LogP) is 4.72. The van der Waals surface area contributed by atoms with Crippen molar-refractivity contribution in [2.45, 2.75) is 12.8 Å². The Balaban J connectivity index is 2.29. The van der Waals surface area contributed by atoms with Crippen LogP contribution in [0.15, 0.2) is 48.5 Å². The van der Waals surface area contributed by atoms with Gasteiger partial charge in [0.25, 0.3) is 0 Å². The normalized spacial score (nSPS) is 10.4. The largest absolute Gasteiger partial charge is 0.342 e. The van der Waals surface area contributed by atoms with E-state index in [2.05, 4.69) is 11.8 Å². The minimum absolute atomic E-state index is 0.215. The van der Waals surface area contributed by atoms with Crippen LogP contribution in [0.2, 0.25) is 0 Å². The molecule has 0 spiro atoms. The molecule has 0 heterocycles. The van der Waals surface area contributed by atoms with Crippen molar-refractivity contribution in [1.82, 2.24) is 0 Å². The van der Waals surface area contributed by atoms with Gasteiger partial charge in [0.1, 0.15) is 5.82 Å². The van der Waals surface area contributed by atoms with E-state index in [1.54, 1.807) is 12.1 Å². The molecule has 0 unspecified atom stereocenters. The van der Waals surface area contributed by atoms with Crippen LogP contribution >= 0.6 is 11.6 Å². The van der Waals surface area contributed by atoms with Gasteiger partial charge in [0, 0.05) is 23.8 Å². The van der Waals surface area contributed by atoms with Crippen LogP contribution in [0.3, 0.4) is 0 Å². The molecule has 0 aliphatic rings. The van der Waals surface area contributed by atoms with E-state index in [4.69, 9.17) is 11.6 Å². The predicted molar refractivity (Wildman–Crippen MR) is 75.1 cm³/mol.